The number of fused-ring (bicyclic) bond motifs is 4. The highest BCUT2D eigenvalue weighted by Crippen LogP contribution is 2.34. The molecule has 5 aromatic carbocycles. The van der Waals surface area contributed by atoms with Crippen molar-refractivity contribution in [3.63, 3.8) is 0 Å². The van der Waals surface area contributed by atoms with Gasteiger partial charge in [0.1, 0.15) is 11.2 Å². The predicted octanol–water partition coefficient (Wildman–Crippen LogP) is 8.23. The molecule has 0 aliphatic rings. The second-order valence-electron chi connectivity index (χ2n) is 10.8. The van der Waals surface area contributed by atoms with Crippen molar-refractivity contribution in [2.45, 2.75) is 0 Å². The lowest BCUT2D eigenvalue weighted by molar-refractivity contribution is 0.669. The van der Waals surface area contributed by atoms with Gasteiger partial charge in [0, 0.05) is 41.6 Å². The summed E-state index contributed by atoms with van der Waals surface area (Å²) in [6.07, 6.45) is 0. The van der Waals surface area contributed by atoms with Crippen molar-refractivity contribution in [3.05, 3.63) is 132 Å². The first kappa shape index (κ1) is 25.0. The van der Waals surface area contributed by atoms with E-state index in [1.807, 2.05) is 60.7 Å². The Labute approximate surface area is 247 Å². The van der Waals surface area contributed by atoms with E-state index in [-0.39, 0.29) is 5.69 Å². The van der Waals surface area contributed by atoms with Crippen LogP contribution in [0.1, 0.15) is 0 Å². The molecule has 0 fully saturated rings. The lowest BCUT2D eigenvalue weighted by atomic mass is 10.0. The fraction of sp³-hybridized carbons (Fsp3) is 0.0541. The minimum absolute atomic E-state index is 0.0311. The van der Waals surface area contributed by atoms with Gasteiger partial charge in [0.2, 0.25) is 0 Å². The van der Waals surface area contributed by atoms with Crippen LogP contribution in [0.25, 0.3) is 78.0 Å². The van der Waals surface area contributed by atoms with Crippen LogP contribution in [0.4, 0.5) is 0 Å². The molecular weight excluding hydrogens is 532 g/mol. The smallest absolute Gasteiger partial charge is 0.328 e. The quantitative estimate of drug-likeness (QED) is 0.218. The van der Waals surface area contributed by atoms with Crippen molar-refractivity contribution in [2.75, 3.05) is 0 Å². The first-order chi connectivity index (χ1) is 21.0. The molecule has 43 heavy (non-hydrogen) atoms. The van der Waals surface area contributed by atoms with E-state index in [1.54, 1.807) is 23.2 Å². The maximum absolute atomic E-state index is 12.4. The molecule has 0 saturated heterocycles. The van der Waals surface area contributed by atoms with Crippen molar-refractivity contribution in [2.24, 2.45) is 14.1 Å². The van der Waals surface area contributed by atoms with Crippen molar-refractivity contribution >= 4 is 33.0 Å². The Hall–Kier alpha value is -5.75. The summed E-state index contributed by atoms with van der Waals surface area (Å²) >= 11 is 0. The van der Waals surface area contributed by atoms with Crippen LogP contribution in [0.5, 0.6) is 0 Å². The van der Waals surface area contributed by atoms with Crippen LogP contribution in [-0.2, 0) is 14.1 Å². The number of furan rings is 1. The van der Waals surface area contributed by atoms with Gasteiger partial charge in [-0.1, -0.05) is 78.9 Å². The van der Waals surface area contributed by atoms with Crippen molar-refractivity contribution in [3.8, 4) is 45.0 Å². The van der Waals surface area contributed by atoms with E-state index in [0.29, 0.717) is 5.82 Å². The number of hydrogen-bond donors (Lipinski definition) is 0. The highest BCUT2D eigenvalue weighted by atomic mass is 16.3. The standard InChI is InChI=1S/C37H26N4O2/c1-40-32-18-16-26(21-33(32)41(2)37(40)42)23-12-14-24(15-13-23)30-22-31(39-36(38-30)25-8-4-3-5-9-25)27-17-19-35-29(20-27)28-10-6-7-11-34(28)43-35/h3-22H,1-2H3. The average Bonchev–Trinajstić information content (AvgIpc) is 3.54. The molecule has 8 rings (SSSR count). The lowest BCUT2D eigenvalue weighted by Crippen LogP contribution is -2.19. The predicted molar refractivity (Wildman–Crippen MR) is 173 cm³/mol. The van der Waals surface area contributed by atoms with E-state index in [4.69, 9.17) is 14.4 Å². The second-order valence-corrected chi connectivity index (χ2v) is 10.8. The normalized spacial score (nSPS) is 11.6. The van der Waals surface area contributed by atoms with E-state index in [2.05, 4.69) is 60.7 Å². The van der Waals surface area contributed by atoms with Gasteiger partial charge < -0.3 is 4.42 Å². The molecular formula is C37H26N4O2. The lowest BCUT2D eigenvalue weighted by Gasteiger charge is -2.10. The summed E-state index contributed by atoms with van der Waals surface area (Å²) in [6.45, 7) is 0. The molecule has 6 nitrogen and oxygen atoms in total. The Morgan fingerprint density at radius 3 is 1.95 bits per heavy atom. The molecule has 0 aliphatic heterocycles. The van der Waals surface area contributed by atoms with Crippen molar-refractivity contribution < 1.29 is 4.42 Å². The summed E-state index contributed by atoms with van der Waals surface area (Å²) in [7, 11) is 3.61. The minimum atomic E-state index is -0.0311. The molecule has 0 spiro atoms. The Morgan fingerprint density at radius 1 is 0.512 bits per heavy atom. The molecule has 0 atom stereocenters. The highest BCUT2D eigenvalue weighted by Gasteiger charge is 2.14. The zero-order valence-corrected chi connectivity index (χ0v) is 23.7. The van der Waals surface area contributed by atoms with Crippen molar-refractivity contribution in [1.29, 1.82) is 0 Å². The summed E-state index contributed by atoms with van der Waals surface area (Å²) in [6, 6.07) is 41.0. The fourth-order valence-corrected chi connectivity index (χ4v) is 5.86. The SMILES string of the molecule is Cn1c(=O)n(C)c2cc(-c3ccc(-c4cc(-c5ccc6oc7ccccc7c6c5)nc(-c5ccccc5)n4)cc3)ccc21. The van der Waals surface area contributed by atoms with E-state index >= 15 is 0 Å². The highest BCUT2D eigenvalue weighted by molar-refractivity contribution is 6.06. The monoisotopic (exact) mass is 558 g/mol. The van der Waals surface area contributed by atoms with Gasteiger partial charge in [0.25, 0.3) is 0 Å². The molecule has 3 aromatic heterocycles. The van der Waals surface area contributed by atoms with E-state index in [0.717, 1.165) is 72.2 Å². The summed E-state index contributed by atoms with van der Waals surface area (Å²) < 4.78 is 9.42. The number of para-hydroxylation sites is 1. The minimum Gasteiger partial charge on any atom is -0.456 e. The molecule has 0 amide bonds. The van der Waals surface area contributed by atoms with Crippen LogP contribution in [0.15, 0.2) is 131 Å². The van der Waals surface area contributed by atoms with E-state index in [9.17, 15) is 4.79 Å². The van der Waals surface area contributed by atoms with Crippen molar-refractivity contribution in [1.82, 2.24) is 19.1 Å². The largest absolute Gasteiger partial charge is 0.456 e. The first-order valence-corrected chi connectivity index (χ1v) is 14.2. The van der Waals surface area contributed by atoms with Gasteiger partial charge in [-0.05, 0) is 53.6 Å². The summed E-state index contributed by atoms with van der Waals surface area (Å²) in [4.78, 5) is 22.4. The van der Waals surface area contributed by atoms with Gasteiger partial charge in [-0.25, -0.2) is 14.8 Å². The first-order valence-electron chi connectivity index (χ1n) is 14.2. The molecule has 3 heterocycles. The van der Waals surface area contributed by atoms with E-state index < -0.39 is 0 Å². The number of hydrogen-bond acceptors (Lipinski definition) is 4. The third-order valence-corrected chi connectivity index (χ3v) is 8.22. The molecule has 8 aromatic rings. The third kappa shape index (κ3) is 4.15. The van der Waals surface area contributed by atoms with Gasteiger partial charge in [-0.15, -0.1) is 0 Å². The Morgan fingerprint density at radius 2 is 1.14 bits per heavy atom. The molecule has 0 N–H and O–H groups in total. The molecule has 6 heteroatoms. The number of aromatic nitrogens is 4. The van der Waals surface area contributed by atoms with Gasteiger partial charge in [-0.3, -0.25) is 9.13 Å². The van der Waals surface area contributed by atoms with E-state index in [1.165, 1.54) is 0 Å². The number of rotatable bonds is 4. The second kappa shape index (κ2) is 9.67. The molecule has 0 unspecified atom stereocenters. The summed E-state index contributed by atoms with van der Waals surface area (Å²) in [5, 5.41) is 2.15. The van der Waals surface area contributed by atoms with Crippen LogP contribution in [-0.4, -0.2) is 19.1 Å². The molecule has 0 radical (unpaired) electrons. The third-order valence-electron chi connectivity index (χ3n) is 8.22. The zero-order valence-electron chi connectivity index (χ0n) is 23.7. The number of aryl methyl sites for hydroxylation is 2. The van der Waals surface area contributed by atoms with Crippen LogP contribution in [0.3, 0.4) is 0 Å². The molecule has 0 saturated carbocycles. The van der Waals surface area contributed by atoms with Gasteiger partial charge in [0.15, 0.2) is 5.82 Å². The van der Waals surface area contributed by atoms with Gasteiger partial charge in [-0.2, -0.15) is 0 Å². The van der Waals surface area contributed by atoms with Gasteiger partial charge >= 0.3 is 5.69 Å². The Balaban J connectivity index is 1.23. The van der Waals surface area contributed by atoms with Crippen LogP contribution in [0.2, 0.25) is 0 Å². The molecule has 0 aliphatic carbocycles. The maximum atomic E-state index is 12.4. The van der Waals surface area contributed by atoms with Crippen LogP contribution >= 0.6 is 0 Å². The van der Waals surface area contributed by atoms with Crippen LogP contribution in [0, 0.1) is 0 Å². The van der Waals surface area contributed by atoms with Gasteiger partial charge in [0.05, 0.1) is 22.4 Å². The molecule has 0 bridgehead atoms. The van der Waals surface area contributed by atoms with Crippen LogP contribution < -0.4 is 5.69 Å². The average molecular weight is 559 g/mol. The number of imidazole rings is 1. The zero-order chi connectivity index (χ0) is 29.1. The summed E-state index contributed by atoms with van der Waals surface area (Å²) in [5.41, 5.74) is 10.3. The number of benzene rings is 5. The topological polar surface area (TPSA) is 65.8 Å². The molecule has 206 valence electrons. The maximum Gasteiger partial charge on any atom is 0.328 e. The Kier molecular flexibility index (Phi) is 5.62. The number of nitrogens with zero attached hydrogens (tertiary/aromatic N) is 4. The summed E-state index contributed by atoms with van der Waals surface area (Å²) in [5.74, 6) is 0.671. The fourth-order valence-electron chi connectivity index (χ4n) is 5.86. The Bertz CT molecular complexity index is 2380.